The van der Waals surface area contributed by atoms with Gasteiger partial charge >= 0.3 is 10.4 Å². The van der Waals surface area contributed by atoms with Crippen LogP contribution in [0.2, 0.25) is 0 Å². The second-order valence-electron chi connectivity index (χ2n) is 13.7. The van der Waals surface area contributed by atoms with Gasteiger partial charge in [0.2, 0.25) is 11.8 Å². The van der Waals surface area contributed by atoms with Crippen LogP contribution in [-0.2, 0) is 28.4 Å². The molecule has 0 fully saturated rings. The molecule has 0 bridgehead atoms. The van der Waals surface area contributed by atoms with Crippen LogP contribution in [0.4, 0.5) is 0 Å². The number of rotatable bonds is 37. The Bertz CT molecular complexity index is 757. The summed E-state index contributed by atoms with van der Waals surface area (Å²) < 4.78 is 32.2. The molecular formula is C39H77NO6S. The first-order valence-corrected chi connectivity index (χ1v) is 21.5. The number of nitrogens with zero attached hydrogens (tertiary/aromatic N) is 1. The van der Waals surface area contributed by atoms with Crippen LogP contribution in [-0.4, -0.2) is 45.4 Å². The third-order valence-corrected chi connectivity index (χ3v) is 10.2. The Kier molecular flexibility index (Phi) is 34.1. The normalized spacial score (nSPS) is 11.7. The fraction of sp³-hybridized carbons (Fsp3) is 0.949. The maximum absolute atomic E-state index is 13.0. The van der Waals surface area contributed by atoms with E-state index < -0.39 is 10.4 Å². The zero-order valence-corrected chi connectivity index (χ0v) is 32.2. The van der Waals surface area contributed by atoms with E-state index in [-0.39, 0.29) is 25.0 Å². The SMILES string of the molecule is CCCCCCCCCCCCCCCCCC(=O)N(CCOS(=O)(=O)OC)C(=O)CCCCCCCCCCCCCCCCC. The lowest BCUT2D eigenvalue weighted by Gasteiger charge is -2.21. The minimum absolute atomic E-state index is 0.0717. The molecule has 0 aromatic carbocycles. The van der Waals surface area contributed by atoms with Gasteiger partial charge in [-0.15, -0.1) is 0 Å². The highest BCUT2D eigenvalue weighted by molar-refractivity contribution is 7.81. The van der Waals surface area contributed by atoms with Crippen LogP contribution >= 0.6 is 0 Å². The molecule has 0 aromatic rings. The second kappa shape index (κ2) is 34.9. The molecule has 0 saturated heterocycles. The third kappa shape index (κ3) is 32.0. The van der Waals surface area contributed by atoms with Gasteiger partial charge in [-0.1, -0.05) is 194 Å². The van der Waals surface area contributed by atoms with E-state index in [2.05, 4.69) is 18.0 Å². The Morgan fingerprint density at radius 1 is 0.447 bits per heavy atom. The summed E-state index contributed by atoms with van der Waals surface area (Å²) in [6.07, 6.45) is 38.3. The van der Waals surface area contributed by atoms with Crippen molar-refractivity contribution in [2.24, 2.45) is 0 Å². The molecule has 8 heteroatoms. The van der Waals surface area contributed by atoms with Gasteiger partial charge < -0.3 is 0 Å². The molecule has 0 saturated carbocycles. The van der Waals surface area contributed by atoms with E-state index >= 15 is 0 Å². The van der Waals surface area contributed by atoms with E-state index in [1.807, 2.05) is 0 Å². The summed E-state index contributed by atoms with van der Waals surface area (Å²) in [6, 6.07) is 0. The molecule has 0 aliphatic heterocycles. The minimum atomic E-state index is -4.10. The largest absolute Gasteiger partial charge is 0.399 e. The average Bonchev–Trinajstić information content (AvgIpc) is 3.06. The number of unbranched alkanes of at least 4 members (excludes halogenated alkanes) is 28. The fourth-order valence-electron chi connectivity index (χ4n) is 6.23. The van der Waals surface area contributed by atoms with Gasteiger partial charge in [-0.25, -0.2) is 4.18 Å². The van der Waals surface area contributed by atoms with E-state index in [1.54, 1.807) is 0 Å². The topological polar surface area (TPSA) is 90.0 Å². The van der Waals surface area contributed by atoms with Gasteiger partial charge in [0.25, 0.3) is 0 Å². The minimum Gasteiger partial charge on any atom is -0.280 e. The van der Waals surface area contributed by atoms with Crippen molar-refractivity contribution in [2.75, 3.05) is 20.3 Å². The van der Waals surface area contributed by atoms with Crippen LogP contribution in [0.25, 0.3) is 0 Å². The van der Waals surface area contributed by atoms with Crippen LogP contribution in [0, 0.1) is 0 Å². The molecule has 0 aromatic heterocycles. The van der Waals surface area contributed by atoms with E-state index in [1.165, 1.54) is 159 Å². The number of hydrogen-bond donors (Lipinski definition) is 0. The summed E-state index contributed by atoms with van der Waals surface area (Å²) in [7, 11) is -3.08. The summed E-state index contributed by atoms with van der Waals surface area (Å²) >= 11 is 0. The predicted octanol–water partition coefficient (Wildman–Crippen LogP) is 11.8. The van der Waals surface area contributed by atoms with Crippen LogP contribution in [0.15, 0.2) is 0 Å². The van der Waals surface area contributed by atoms with Crippen molar-refractivity contribution in [2.45, 2.75) is 219 Å². The van der Waals surface area contributed by atoms with Crippen molar-refractivity contribution < 1.29 is 26.4 Å². The summed E-state index contributed by atoms with van der Waals surface area (Å²) in [4.78, 5) is 27.2. The van der Waals surface area contributed by atoms with Gasteiger partial charge in [-0.05, 0) is 12.8 Å². The van der Waals surface area contributed by atoms with E-state index in [0.29, 0.717) is 12.8 Å². The highest BCUT2D eigenvalue weighted by Crippen LogP contribution is 2.16. The first-order valence-electron chi connectivity index (χ1n) is 20.2. The molecule has 7 nitrogen and oxygen atoms in total. The highest BCUT2D eigenvalue weighted by atomic mass is 32.3. The maximum atomic E-state index is 13.0. The summed E-state index contributed by atoms with van der Waals surface area (Å²) in [5.41, 5.74) is 0. The van der Waals surface area contributed by atoms with Gasteiger partial charge in [0.05, 0.1) is 20.3 Å². The lowest BCUT2D eigenvalue weighted by atomic mass is 10.0. The molecule has 0 heterocycles. The quantitative estimate of drug-likeness (QED) is 0.0604. The summed E-state index contributed by atoms with van der Waals surface area (Å²) in [5, 5.41) is 0. The van der Waals surface area contributed by atoms with E-state index in [9.17, 15) is 18.0 Å². The van der Waals surface area contributed by atoms with Crippen molar-refractivity contribution in [3.05, 3.63) is 0 Å². The van der Waals surface area contributed by atoms with Crippen LogP contribution in [0.5, 0.6) is 0 Å². The number of carbonyl (C=O) groups is 2. The second-order valence-corrected chi connectivity index (χ2v) is 15.1. The molecule has 0 unspecified atom stereocenters. The van der Waals surface area contributed by atoms with Gasteiger partial charge in [-0.3, -0.25) is 18.7 Å². The van der Waals surface area contributed by atoms with Gasteiger partial charge in [0.15, 0.2) is 0 Å². The molecule has 0 N–H and O–H groups in total. The van der Waals surface area contributed by atoms with Gasteiger partial charge in [0.1, 0.15) is 0 Å². The molecule has 0 rings (SSSR count). The first-order chi connectivity index (χ1) is 22.9. The fourth-order valence-corrected chi connectivity index (χ4v) is 6.61. The average molecular weight is 688 g/mol. The standard InChI is InChI=1S/C39H77NO6S/c1-4-6-8-10-12-14-16-18-20-22-24-26-28-30-32-34-38(41)40(36-37-46-47(43,44)45-3)39(42)35-33-31-29-27-25-23-21-19-17-15-13-11-9-7-5-2/h4-37H2,1-3H3. The molecule has 0 aliphatic rings. The molecule has 0 spiro atoms. The molecule has 0 aliphatic carbocycles. The summed E-state index contributed by atoms with van der Waals surface area (Å²) in [5.74, 6) is -0.465. The lowest BCUT2D eigenvalue weighted by molar-refractivity contribution is -0.145. The predicted molar refractivity (Wildman–Crippen MR) is 198 cm³/mol. The smallest absolute Gasteiger partial charge is 0.280 e. The zero-order chi connectivity index (χ0) is 34.7. The third-order valence-electron chi connectivity index (χ3n) is 9.34. The van der Waals surface area contributed by atoms with E-state index in [0.717, 1.165) is 45.6 Å². The molecule has 280 valence electrons. The maximum Gasteiger partial charge on any atom is 0.399 e. The molecular weight excluding hydrogens is 610 g/mol. The Morgan fingerprint density at radius 3 is 0.957 bits per heavy atom. The van der Waals surface area contributed by atoms with Crippen LogP contribution < -0.4 is 0 Å². The molecule has 2 amide bonds. The van der Waals surface area contributed by atoms with Gasteiger partial charge in [-0.2, -0.15) is 8.42 Å². The first kappa shape index (κ1) is 46.0. The van der Waals surface area contributed by atoms with Crippen molar-refractivity contribution in [3.8, 4) is 0 Å². The number of carbonyl (C=O) groups excluding carboxylic acids is 2. The van der Waals surface area contributed by atoms with Crippen molar-refractivity contribution in [1.82, 2.24) is 4.90 Å². The Labute approximate surface area is 292 Å². The number of amides is 2. The van der Waals surface area contributed by atoms with Crippen LogP contribution in [0.3, 0.4) is 0 Å². The Morgan fingerprint density at radius 2 is 0.702 bits per heavy atom. The number of imide groups is 1. The van der Waals surface area contributed by atoms with Crippen molar-refractivity contribution in [1.29, 1.82) is 0 Å². The van der Waals surface area contributed by atoms with Crippen LogP contribution in [0.1, 0.15) is 219 Å². The molecule has 0 atom stereocenters. The highest BCUT2D eigenvalue weighted by Gasteiger charge is 2.21. The van der Waals surface area contributed by atoms with E-state index in [4.69, 9.17) is 4.18 Å². The monoisotopic (exact) mass is 688 g/mol. The summed E-state index contributed by atoms with van der Waals surface area (Å²) in [6.45, 7) is 4.17. The van der Waals surface area contributed by atoms with Crippen molar-refractivity contribution >= 4 is 22.2 Å². The Balaban J connectivity index is 4.09. The molecule has 47 heavy (non-hydrogen) atoms. The molecule has 0 radical (unpaired) electrons. The number of hydrogen-bond acceptors (Lipinski definition) is 6. The zero-order valence-electron chi connectivity index (χ0n) is 31.3. The Hall–Kier alpha value is -0.990. The lowest BCUT2D eigenvalue weighted by Crippen LogP contribution is -2.39. The van der Waals surface area contributed by atoms with Gasteiger partial charge in [0, 0.05) is 12.8 Å². The van der Waals surface area contributed by atoms with Crippen molar-refractivity contribution in [3.63, 3.8) is 0 Å².